The molecule has 0 spiro atoms. The van der Waals surface area contributed by atoms with Crippen molar-refractivity contribution in [2.24, 2.45) is 5.92 Å². The number of likely N-dealkylation sites (tertiary alicyclic amines) is 2. The van der Waals surface area contributed by atoms with Gasteiger partial charge in [0, 0.05) is 37.2 Å². The Morgan fingerprint density at radius 1 is 1.08 bits per heavy atom. The summed E-state index contributed by atoms with van der Waals surface area (Å²) in [6, 6.07) is 6.13. The Morgan fingerprint density at radius 3 is 2.50 bits per heavy atom. The number of rotatable bonds is 2. The molecule has 1 aromatic rings. The van der Waals surface area contributed by atoms with E-state index in [9.17, 15) is 14.0 Å². The normalized spacial score (nSPS) is 22.5. The van der Waals surface area contributed by atoms with Gasteiger partial charge in [0.2, 0.25) is 5.91 Å². The van der Waals surface area contributed by atoms with Crippen molar-refractivity contribution < 1.29 is 14.0 Å². The highest BCUT2D eigenvalue weighted by molar-refractivity contribution is 5.94. The lowest BCUT2D eigenvalue weighted by atomic mass is 9.92. The molecule has 2 fully saturated rings. The van der Waals surface area contributed by atoms with Crippen molar-refractivity contribution in [2.75, 3.05) is 19.6 Å². The van der Waals surface area contributed by atoms with Crippen LogP contribution >= 0.6 is 0 Å². The smallest absolute Gasteiger partial charge is 0.253 e. The lowest BCUT2D eigenvalue weighted by Crippen LogP contribution is -2.48. The molecule has 0 N–H and O–H groups in total. The maximum atomic E-state index is 13.3. The van der Waals surface area contributed by atoms with E-state index < -0.39 is 5.82 Å². The van der Waals surface area contributed by atoms with Crippen LogP contribution in [0.2, 0.25) is 0 Å². The molecule has 0 saturated carbocycles. The van der Waals surface area contributed by atoms with Crippen LogP contribution in [0.1, 0.15) is 49.4 Å². The maximum absolute atomic E-state index is 13.3. The van der Waals surface area contributed by atoms with E-state index in [4.69, 9.17) is 0 Å². The van der Waals surface area contributed by atoms with Crippen molar-refractivity contribution in [2.45, 2.75) is 45.1 Å². The molecule has 1 aromatic carbocycles. The van der Waals surface area contributed by atoms with Crippen LogP contribution in [-0.4, -0.2) is 47.3 Å². The zero-order valence-corrected chi connectivity index (χ0v) is 14.2. The van der Waals surface area contributed by atoms with Gasteiger partial charge in [-0.3, -0.25) is 9.59 Å². The average Bonchev–Trinajstić information content (AvgIpc) is 2.61. The second-order valence-electron chi connectivity index (χ2n) is 6.95. The first kappa shape index (κ1) is 16.9. The molecule has 2 saturated heterocycles. The first-order valence-corrected chi connectivity index (χ1v) is 8.91. The van der Waals surface area contributed by atoms with Crippen molar-refractivity contribution in [1.29, 1.82) is 0 Å². The molecule has 2 aliphatic heterocycles. The van der Waals surface area contributed by atoms with Crippen LogP contribution in [0.5, 0.6) is 0 Å². The van der Waals surface area contributed by atoms with E-state index in [-0.39, 0.29) is 17.7 Å². The first-order valence-electron chi connectivity index (χ1n) is 8.91. The molecule has 130 valence electrons. The highest BCUT2D eigenvalue weighted by Crippen LogP contribution is 2.25. The van der Waals surface area contributed by atoms with Gasteiger partial charge in [-0.15, -0.1) is 0 Å². The fourth-order valence-electron chi connectivity index (χ4n) is 3.79. The molecular weight excluding hydrogens is 307 g/mol. The Balaban J connectivity index is 1.57. The van der Waals surface area contributed by atoms with Gasteiger partial charge >= 0.3 is 0 Å². The number of hydrogen-bond acceptors (Lipinski definition) is 2. The quantitative estimate of drug-likeness (QED) is 0.835. The fraction of sp³-hybridized carbons (Fsp3) is 0.579. The standard InChI is InChI=1S/C19H25FN2O2/c1-14-5-2-3-10-22(14)19(24)15-8-11-21(12-9-15)18(23)16-6-4-7-17(20)13-16/h4,6-7,13-15H,2-3,5,8-12H2,1H3/t14-/m1/s1. The summed E-state index contributed by atoms with van der Waals surface area (Å²) in [6.45, 7) is 4.12. The minimum absolute atomic E-state index is 0.0158. The molecule has 0 bridgehead atoms. The highest BCUT2D eigenvalue weighted by Gasteiger charge is 2.33. The van der Waals surface area contributed by atoms with E-state index in [2.05, 4.69) is 6.92 Å². The summed E-state index contributed by atoms with van der Waals surface area (Å²) < 4.78 is 13.3. The van der Waals surface area contributed by atoms with Gasteiger partial charge < -0.3 is 9.80 Å². The van der Waals surface area contributed by atoms with Crippen LogP contribution in [0.3, 0.4) is 0 Å². The predicted octanol–water partition coefficient (Wildman–Crippen LogP) is 3.08. The minimum atomic E-state index is -0.398. The van der Waals surface area contributed by atoms with Crippen LogP contribution < -0.4 is 0 Å². The number of amides is 2. The number of nitrogens with zero attached hydrogens (tertiary/aromatic N) is 2. The second kappa shape index (κ2) is 7.32. The lowest BCUT2D eigenvalue weighted by molar-refractivity contribution is -0.140. The van der Waals surface area contributed by atoms with Gasteiger partial charge in [-0.2, -0.15) is 0 Å². The zero-order valence-electron chi connectivity index (χ0n) is 14.2. The van der Waals surface area contributed by atoms with E-state index in [1.54, 1.807) is 17.0 Å². The number of hydrogen-bond donors (Lipinski definition) is 0. The Hall–Kier alpha value is -1.91. The molecule has 1 atom stereocenters. The van der Waals surface area contributed by atoms with Crippen LogP contribution in [0.4, 0.5) is 4.39 Å². The zero-order chi connectivity index (χ0) is 17.1. The molecule has 0 aliphatic carbocycles. The molecule has 2 aliphatic rings. The number of benzene rings is 1. The Morgan fingerprint density at radius 2 is 1.83 bits per heavy atom. The molecule has 3 rings (SSSR count). The van der Waals surface area contributed by atoms with E-state index >= 15 is 0 Å². The summed E-state index contributed by atoms with van der Waals surface area (Å²) in [5.41, 5.74) is 0.379. The van der Waals surface area contributed by atoms with Crippen molar-refractivity contribution in [1.82, 2.24) is 9.80 Å². The Kier molecular flexibility index (Phi) is 5.17. The molecule has 2 amide bonds. The molecule has 24 heavy (non-hydrogen) atoms. The van der Waals surface area contributed by atoms with Gasteiger partial charge in [0.15, 0.2) is 0 Å². The van der Waals surface area contributed by atoms with Crippen molar-refractivity contribution in [3.63, 3.8) is 0 Å². The average molecular weight is 332 g/mol. The minimum Gasteiger partial charge on any atom is -0.340 e. The summed E-state index contributed by atoms with van der Waals surface area (Å²) >= 11 is 0. The number of carbonyl (C=O) groups excluding carboxylic acids is 2. The van der Waals surface area contributed by atoms with Crippen molar-refractivity contribution in [3.05, 3.63) is 35.6 Å². The molecular formula is C19H25FN2O2. The second-order valence-corrected chi connectivity index (χ2v) is 6.95. The van der Waals surface area contributed by atoms with E-state index in [1.807, 2.05) is 4.90 Å². The molecule has 4 nitrogen and oxygen atoms in total. The fourth-order valence-corrected chi connectivity index (χ4v) is 3.79. The van der Waals surface area contributed by atoms with Gasteiger partial charge in [-0.05, 0) is 57.2 Å². The van der Waals surface area contributed by atoms with Gasteiger partial charge in [0.05, 0.1) is 0 Å². The van der Waals surface area contributed by atoms with Crippen LogP contribution in [-0.2, 0) is 4.79 Å². The summed E-state index contributed by atoms with van der Waals surface area (Å²) in [6.07, 6.45) is 4.77. The summed E-state index contributed by atoms with van der Waals surface area (Å²) in [5.74, 6) is -0.279. The van der Waals surface area contributed by atoms with E-state index in [0.29, 0.717) is 37.5 Å². The van der Waals surface area contributed by atoms with E-state index in [1.165, 1.54) is 18.6 Å². The molecule has 2 heterocycles. The van der Waals surface area contributed by atoms with Crippen molar-refractivity contribution in [3.8, 4) is 0 Å². The van der Waals surface area contributed by atoms with Crippen LogP contribution in [0.25, 0.3) is 0 Å². The van der Waals surface area contributed by atoms with Gasteiger partial charge in [0.25, 0.3) is 5.91 Å². The SMILES string of the molecule is C[C@@H]1CCCCN1C(=O)C1CCN(C(=O)c2cccc(F)c2)CC1. The molecule has 0 unspecified atom stereocenters. The number of carbonyl (C=O) groups is 2. The third-order valence-corrected chi connectivity index (χ3v) is 5.29. The third kappa shape index (κ3) is 3.60. The number of piperidine rings is 2. The first-order chi connectivity index (χ1) is 11.6. The van der Waals surface area contributed by atoms with Crippen LogP contribution in [0.15, 0.2) is 24.3 Å². The number of halogens is 1. The monoisotopic (exact) mass is 332 g/mol. The topological polar surface area (TPSA) is 40.6 Å². The van der Waals surface area contributed by atoms with Crippen LogP contribution in [0, 0.1) is 11.7 Å². The van der Waals surface area contributed by atoms with E-state index in [0.717, 1.165) is 19.4 Å². The highest BCUT2D eigenvalue weighted by atomic mass is 19.1. The summed E-state index contributed by atoms with van der Waals surface area (Å²) in [7, 11) is 0. The predicted molar refractivity (Wildman–Crippen MR) is 90.1 cm³/mol. The Labute approximate surface area is 142 Å². The molecule has 0 radical (unpaired) electrons. The van der Waals surface area contributed by atoms with Gasteiger partial charge in [-0.1, -0.05) is 6.07 Å². The van der Waals surface area contributed by atoms with Gasteiger partial charge in [0.1, 0.15) is 5.82 Å². The van der Waals surface area contributed by atoms with Crippen molar-refractivity contribution >= 4 is 11.8 Å². The maximum Gasteiger partial charge on any atom is 0.253 e. The summed E-state index contributed by atoms with van der Waals surface area (Å²) in [4.78, 5) is 28.9. The van der Waals surface area contributed by atoms with Gasteiger partial charge in [-0.25, -0.2) is 4.39 Å². The largest absolute Gasteiger partial charge is 0.340 e. The lowest BCUT2D eigenvalue weighted by Gasteiger charge is -2.38. The molecule has 0 aromatic heterocycles. The Bertz CT molecular complexity index is 611. The third-order valence-electron chi connectivity index (χ3n) is 5.29. The molecule has 5 heteroatoms. The summed E-state index contributed by atoms with van der Waals surface area (Å²) in [5, 5.41) is 0.